The molecule has 0 aliphatic carbocycles. The van der Waals surface area contributed by atoms with Crippen LogP contribution in [0.15, 0.2) is 48.5 Å². The van der Waals surface area contributed by atoms with E-state index in [2.05, 4.69) is 29.6 Å². The minimum atomic E-state index is 0.287. The molecule has 0 unspecified atom stereocenters. The second-order valence-corrected chi connectivity index (χ2v) is 8.46. The van der Waals surface area contributed by atoms with Crippen molar-refractivity contribution in [3.05, 3.63) is 54.4 Å². The summed E-state index contributed by atoms with van der Waals surface area (Å²) in [4.78, 5) is 23.1. The molecule has 2 aromatic carbocycles. The molecule has 9 heteroatoms. The van der Waals surface area contributed by atoms with Crippen LogP contribution in [-0.4, -0.2) is 77.5 Å². The van der Waals surface area contributed by atoms with Crippen molar-refractivity contribution in [1.29, 1.82) is 0 Å². The molecule has 33 heavy (non-hydrogen) atoms. The molecule has 0 amide bonds. The summed E-state index contributed by atoms with van der Waals surface area (Å²) in [7, 11) is 0. The number of aryl methyl sites for hydroxylation is 1. The average molecular weight is 448 g/mol. The van der Waals surface area contributed by atoms with Gasteiger partial charge in [0.05, 0.1) is 0 Å². The predicted molar refractivity (Wildman–Crippen MR) is 130 cm³/mol. The maximum absolute atomic E-state index is 9.52. The second-order valence-electron chi connectivity index (χ2n) is 8.46. The van der Waals surface area contributed by atoms with E-state index in [0.717, 1.165) is 81.5 Å². The van der Waals surface area contributed by atoms with Crippen LogP contribution in [0.5, 0.6) is 11.5 Å². The van der Waals surface area contributed by atoms with Crippen LogP contribution in [0.4, 0.5) is 23.3 Å². The molecule has 2 aliphatic rings. The van der Waals surface area contributed by atoms with Crippen molar-refractivity contribution in [3.63, 3.8) is 0 Å². The Labute approximate surface area is 193 Å². The zero-order valence-electron chi connectivity index (χ0n) is 18.8. The fourth-order valence-corrected chi connectivity index (χ4v) is 4.39. The number of hydrogen-bond donors (Lipinski definition) is 2. The highest BCUT2D eigenvalue weighted by molar-refractivity contribution is 5.52. The SMILES string of the molecule is Cc1nc(N2CCN(c3ccc(O)cc3)CC2)nc(N2CCN(c3ccc(O)cc3)CC2)n1. The lowest BCUT2D eigenvalue weighted by atomic mass is 10.2. The minimum Gasteiger partial charge on any atom is -0.508 e. The molecule has 3 aromatic rings. The number of aromatic nitrogens is 3. The highest BCUT2D eigenvalue weighted by atomic mass is 16.3. The molecule has 2 aliphatic heterocycles. The van der Waals surface area contributed by atoms with E-state index in [9.17, 15) is 10.2 Å². The molecule has 0 bridgehead atoms. The zero-order chi connectivity index (χ0) is 22.8. The summed E-state index contributed by atoms with van der Waals surface area (Å²) in [5.74, 6) is 2.79. The van der Waals surface area contributed by atoms with Crippen LogP contribution in [-0.2, 0) is 0 Å². The first-order valence-electron chi connectivity index (χ1n) is 11.4. The van der Waals surface area contributed by atoms with Crippen molar-refractivity contribution >= 4 is 23.3 Å². The van der Waals surface area contributed by atoms with E-state index in [1.165, 1.54) is 0 Å². The Balaban J connectivity index is 1.23. The molecule has 0 spiro atoms. The number of nitrogens with zero attached hydrogens (tertiary/aromatic N) is 7. The van der Waals surface area contributed by atoms with E-state index >= 15 is 0 Å². The summed E-state index contributed by atoms with van der Waals surface area (Å²) in [5.41, 5.74) is 2.23. The van der Waals surface area contributed by atoms with Crippen LogP contribution in [0.2, 0.25) is 0 Å². The number of hydrogen-bond acceptors (Lipinski definition) is 9. The number of phenolic OH excluding ortho intramolecular Hbond substituents is 2. The van der Waals surface area contributed by atoms with Gasteiger partial charge >= 0.3 is 0 Å². The van der Waals surface area contributed by atoms with Gasteiger partial charge in [0.15, 0.2) is 0 Å². The molecule has 9 nitrogen and oxygen atoms in total. The van der Waals surface area contributed by atoms with Crippen LogP contribution in [0.1, 0.15) is 5.82 Å². The van der Waals surface area contributed by atoms with E-state index in [0.29, 0.717) is 0 Å². The van der Waals surface area contributed by atoms with Crippen molar-refractivity contribution in [2.45, 2.75) is 6.92 Å². The lowest BCUT2D eigenvalue weighted by Gasteiger charge is -2.38. The molecule has 2 saturated heterocycles. The molecule has 172 valence electrons. The number of rotatable bonds is 4. The number of phenols is 2. The third kappa shape index (κ3) is 4.72. The van der Waals surface area contributed by atoms with Gasteiger partial charge in [-0.15, -0.1) is 0 Å². The van der Waals surface area contributed by atoms with Gasteiger partial charge in [-0.2, -0.15) is 15.0 Å². The Morgan fingerprint density at radius 1 is 0.515 bits per heavy atom. The third-order valence-corrected chi connectivity index (χ3v) is 6.28. The van der Waals surface area contributed by atoms with Crippen molar-refractivity contribution in [1.82, 2.24) is 15.0 Å². The fraction of sp³-hybridized carbons (Fsp3) is 0.375. The van der Waals surface area contributed by atoms with Crippen LogP contribution < -0.4 is 19.6 Å². The Kier molecular flexibility index (Phi) is 5.77. The zero-order valence-corrected chi connectivity index (χ0v) is 18.8. The molecule has 0 radical (unpaired) electrons. The Morgan fingerprint density at radius 3 is 1.21 bits per heavy atom. The smallest absolute Gasteiger partial charge is 0.230 e. The monoisotopic (exact) mass is 447 g/mol. The van der Waals surface area contributed by atoms with Crippen LogP contribution >= 0.6 is 0 Å². The quantitative estimate of drug-likeness (QED) is 0.625. The molecule has 0 atom stereocenters. The summed E-state index contributed by atoms with van der Waals surface area (Å²) >= 11 is 0. The lowest BCUT2D eigenvalue weighted by molar-refractivity contribution is 0.474. The first-order chi connectivity index (χ1) is 16.0. The Morgan fingerprint density at radius 2 is 0.848 bits per heavy atom. The molecule has 2 fully saturated rings. The molecule has 0 saturated carbocycles. The van der Waals surface area contributed by atoms with Crippen molar-refractivity contribution in [2.24, 2.45) is 0 Å². The van der Waals surface area contributed by atoms with Crippen molar-refractivity contribution in [3.8, 4) is 11.5 Å². The minimum absolute atomic E-state index is 0.287. The van der Waals surface area contributed by atoms with Crippen molar-refractivity contribution < 1.29 is 10.2 Å². The largest absolute Gasteiger partial charge is 0.508 e. The molecular formula is C24H29N7O2. The van der Waals surface area contributed by atoms with Gasteiger partial charge in [0.1, 0.15) is 17.3 Å². The van der Waals surface area contributed by atoms with Gasteiger partial charge in [0.2, 0.25) is 11.9 Å². The molecule has 3 heterocycles. The first-order valence-corrected chi connectivity index (χ1v) is 11.4. The number of anilines is 4. The summed E-state index contributed by atoms with van der Waals surface area (Å²) in [6, 6.07) is 14.7. The Bertz CT molecular complexity index is 991. The van der Waals surface area contributed by atoms with E-state index in [4.69, 9.17) is 4.98 Å². The Hall–Kier alpha value is -3.75. The molecular weight excluding hydrogens is 418 g/mol. The predicted octanol–water partition coefficient (Wildman–Crippen LogP) is 2.24. The normalized spacial score (nSPS) is 16.9. The number of aromatic hydroxyl groups is 2. The fourth-order valence-electron chi connectivity index (χ4n) is 4.39. The van der Waals surface area contributed by atoms with Crippen LogP contribution in [0.3, 0.4) is 0 Å². The number of benzene rings is 2. The summed E-state index contributed by atoms with van der Waals surface area (Å²) in [6.07, 6.45) is 0. The lowest BCUT2D eigenvalue weighted by Crippen LogP contribution is -2.48. The first kappa shape index (κ1) is 21.1. The molecule has 2 N–H and O–H groups in total. The van der Waals surface area contributed by atoms with Gasteiger partial charge in [-0.05, 0) is 55.5 Å². The van der Waals surface area contributed by atoms with E-state index in [-0.39, 0.29) is 11.5 Å². The van der Waals surface area contributed by atoms with Crippen LogP contribution in [0.25, 0.3) is 0 Å². The van der Waals surface area contributed by atoms with E-state index < -0.39 is 0 Å². The maximum atomic E-state index is 9.52. The maximum Gasteiger partial charge on any atom is 0.230 e. The highest BCUT2D eigenvalue weighted by Gasteiger charge is 2.24. The summed E-state index contributed by atoms with van der Waals surface area (Å²) in [6.45, 7) is 8.74. The van der Waals surface area contributed by atoms with Gasteiger partial charge in [-0.3, -0.25) is 0 Å². The van der Waals surface area contributed by atoms with E-state index in [1.54, 1.807) is 24.3 Å². The second kappa shape index (κ2) is 9.01. The van der Waals surface area contributed by atoms with Gasteiger partial charge in [-0.25, -0.2) is 0 Å². The highest BCUT2D eigenvalue weighted by Crippen LogP contribution is 2.24. The molecule has 5 rings (SSSR count). The van der Waals surface area contributed by atoms with Gasteiger partial charge in [-0.1, -0.05) is 0 Å². The van der Waals surface area contributed by atoms with Gasteiger partial charge in [0.25, 0.3) is 0 Å². The van der Waals surface area contributed by atoms with Gasteiger partial charge in [0, 0.05) is 63.7 Å². The van der Waals surface area contributed by atoms with Crippen LogP contribution in [0, 0.1) is 6.92 Å². The van der Waals surface area contributed by atoms with Crippen molar-refractivity contribution in [2.75, 3.05) is 72.0 Å². The molecule has 1 aromatic heterocycles. The summed E-state index contributed by atoms with van der Waals surface area (Å²) in [5, 5.41) is 19.0. The average Bonchev–Trinajstić information content (AvgIpc) is 2.85. The number of piperazine rings is 2. The third-order valence-electron chi connectivity index (χ3n) is 6.28. The standard InChI is InChI=1S/C24H29N7O2/c1-18-25-23(30-14-10-28(11-15-30)19-2-6-21(32)7-3-19)27-24(26-18)31-16-12-29(13-17-31)20-4-8-22(33)9-5-20/h2-9,32-33H,10-17H2,1H3. The topological polar surface area (TPSA) is 92.1 Å². The summed E-state index contributed by atoms with van der Waals surface area (Å²) < 4.78 is 0. The van der Waals surface area contributed by atoms with Gasteiger partial charge < -0.3 is 29.8 Å². The van der Waals surface area contributed by atoms with E-state index in [1.807, 2.05) is 31.2 Å².